The fraction of sp³-hybridized carbons (Fsp3) is 0.788. The first-order chi connectivity index (χ1) is 19.0. The van der Waals surface area contributed by atoms with Crippen LogP contribution in [-0.2, 0) is 0 Å². The van der Waals surface area contributed by atoms with E-state index in [-0.39, 0.29) is 5.54 Å². The number of hydrogen-bond donors (Lipinski definition) is 2. The highest BCUT2D eigenvalue weighted by molar-refractivity contribution is 5.92. The summed E-state index contributed by atoms with van der Waals surface area (Å²) in [6.07, 6.45) is 14.8. The van der Waals surface area contributed by atoms with Gasteiger partial charge in [0.15, 0.2) is 0 Å². The van der Waals surface area contributed by atoms with E-state index in [9.17, 15) is 9.90 Å². The molecule has 3 heterocycles. The number of piperidine rings is 2. The van der Waals surface area contributed by atoms with Crippen molar-refractivity contribution < 1.29 is 15.0 Å². The first kappa shape index (κ1) is 30.3. The van der Waals surface area contributed by atoms with Crippen molar-refractivity contribution in [2.45, 2.75) is 109 Å². The van der Waals surface area contributed by atoms with Crippen LogP contribution in [0.15, 0.2) is 24.3 Å². The lowest BCUT2D eigenvalue weighted by atomic mass is 9.66. The summed E-state index contributed by atoms with van der Waals surface area (Å²) in [5.74, 6) is 1.62. The van der Waals surface area contributed by atoms with Crippen LogP contribution in [0.1, 0.15) is 109 Å². The summed E-state index contributed by atoms with van der Waals surface area (Å²) in [6, 6.07) is 8.27. The molecule has 1 amide bonds. The monoisotopic (exact) mass is 541 g/mol. The van der Waals surface area contributed by atoms with Gasteiger partial charge in [-0.2, -0.15) is 0 Å². The molecule has 2 saturated heterocycles. The molecule has 0 spiro atoms. The van der Waals surface area contributed by atoms with Crippen molar-refractivity contribution in [1.82, 2.24) is 9.80 Å². The number of carboxylic acid groups (broad SMARTS) is 1. The summed E-state index contributed by atoms with van der Waals surface area (Å²) in [6.45, 7) is 12.1. The predicted octanol–water partition coefficient (Wildman–Crippen LogP) is 6.97. The number of aliphatic hydroxyl groups is 1. The van der Waals surface area contributed by atoms with Crippen LogP contribution in [0, 0.1) is 11.8 Å². The molecule has 1 aromatic carbocycles. The Balaban J connectivity index is 0.000000247. The summed E-state index contributed by atoms with van der Waals surface area (Å²) >= 11 is 0. The van der Waals surface area contributed by atoms with Gasteiger partial charge >= 0.3 is 6.09 Å². The van der Waals surface area contributed by atoms with Gasteiger partial charge in [-0.05, 0) is 121 Å². The summed E-state index contributed by atoms with van der Waals surface area (Å²) in [5.41, 5.74) is 2.03. The number of carbonyl (C=O) groups is 1. The van der Waals surface area contributed by atoms with E-state index in [1.54, 1.807) is 4.90 Å². The molecular formula is C33H55N3O3. The molecule has 0 radical (unpaired) electrons. The Hall–Kier alpha value is -1.63. The van der Waals surface area contributed by atoms with Gasteiger partial charge in [-0.25, -0.2) is 4.79 Å². The third-order valence-corrected chi connectivity index (χ3v) is 10.2. The first-order valence-electron chi connectivity index (χ1n) is 16.2. The number of rotatable bonds is 9. The number of hydrogen-bond acceptors (Lipinski definition) is 4. The maximum absolute atomic E-state index is 12.4. The van der Waals surface area contributed by atoms with Gasteiger partial charge in [-0.1, -0.05) is 57.7 Å². The number of nitrogens with zero attached hydrogens (tertiary/aromatic N) is 3. The molecule has 4 aliphatic rings. The van der Waals surface area contributed by atoms with E-state index in [4.69, 9.17) is 5.11 Å². The third-order valence-electron chi connectivity index (χ3n) is 10.2. The van der Waals surface area contributed by atoms with E-state index in [1.807, 2.05) is 12.1 Å². The van der Waals surface area contributed by atoms with E-state index in [2.05, 4.69) is 35.8 Å². The normalized spacial score (nSPS) is 26.5. The minimum atomic E-state index is -0.757. The molecule has 6 nitrogen and oxygen atoms in total. The van der Waals surface area contributed by atoms with Gasteiger partial charge in [0.2, 0.25) is 0 Å². The fourth-order valence-electron chi connectivity index (χ4n) is 7.86. The second kappa shape index (κ2) is 14.8. The van der Waals surface area contributed by atoms with Crippen molar-refractivity contribution in [2.75, 3.05) is 50.8 Å². The lowest BCUT2D eigenvalue weighted by molar-refractivity contribution is 0.129. The van der Waals surface area contributed by atoms with Crippen LogP contribution in [0.3, 0.4) is 0 Å². The molecule has 6 heteroatoms. The molecule has 2 N–H and O–H groups in total. The fourth-order valence-corrected chi connectivity index (χ4v) is 7.86. The van der Waals surface area contributed by atoms with Crippen molar-refractivity contribution in [1.29, 1.82) is 0 Å². The van der Waals surface area contributed by atoms with Gasteiger partial charge in [0, 0.05) is 12.5 Å². The number of benzene rings is 1. The Kier molecular flexibility index (Phi) is 11.5. The lowest BCUT2D eigenvalue weighted by Crippen LogP contribution is -2.54. The van der Waals surface area contributed by atoms with E-state index >= 15 is 0 Å². The zero-order valence-electron chi connectivity index (χ0n) is 24.8. The van der Waals surface area contributed by atoms with Gasteiger partial charge in [0.1, 0.15) is 0 Å². The van der Waals surface area contributed by atoms with Crippen LogP contribution in [0.2, 0.25) is 0 Å². The molecule has 0 bridgehead atoms. The van der Waals surface area contributed by atoms with Crippen molar-refractivity contribution in [3.05, 3.63) is 29.8 Å². The second-order valence-corrected chi connectivity index (χ2v) is 12.7. The molecule has 3 fully saturated rings. The largest absolute Gasteiger partial charge is 0.465 e. The number of likely N-dealkylation sites (tertiary alicyclic amines) is 2. The van der Waals surface area contributed by atoms with Crippen LogP contribution in [-0.4, -0.2) is 77.5 Å². The summed E-state index contributed by atoms with van der Waals surface area (Å²) < 4.78 is 0. The molecule has 1 aliphatic carbocycles. The quantitative estimate of drug-likeness (QED) is 0.353. The highest BCUT2D eigenvalue weighted by atomic mass is 16.4. The van der Waals surface area contributed by atoms with Crippen LogP contribution in [0.5, 0.6) is 0 Å². The number of para-hydroxylation sites is 1. The topological polar surface area (TPSA) is 67.2 Å². The van der Waals surface area contributed by atoms with Crippen molar-refractivity contribution in [2.24, 2.45) is 11.8 Å². The highest BCUT2D eigenvalue weighted by Gasteiger charge is 2.55. The predicted molar refractivity (Wildman–Crippen MR) is 161 cm³/mol. The maximum Gasteiger partial charge on any atom is 0.412 e. The molecule has 3 aliphatic heterocycles. The average Bonchev–Trinajstić information content (AvgIpc) is 3.26. The van der Waals surface area contributed by atoms with Crippen molar-refractivity contribution >= 4 is 11.8 Å². The highest BCUT2D eigenvalue weighted by Crippen LogP contribution is 2.57. The van der Waals surface area contributed by atoms with Crippen molar-refractivity contribution in [3.63, 3.8) is 0 Å². The maximum atomic E-state index is 12.4. The minimum absolute atomic E-state index is 0.204. The van der Waals surface area contributed by atoms with Gasteiger partial charge in [0.05, 0.1) is 11.2 Å². The number of amides is 1. The first-order valence-corrected chi connectivity index (χ1v) is 16.2. The summed E-state index contributed by atoms with van der Waals surface area (Å²) in [7, 11) is 0. The molecule has 1 aromatic rings. The van der Waals surface area contributed by atoms with Gasteiger partial charge in [-0.15, -0.1) is 0 Å². The molecule has 0 aromatic heterocycles. The Morgan fingerprint density at radius 1 is 0.872 bits per heavy atom. The molecular weight excluding hydrogens is 486 g/mol. The molecule has 39 heavy (non-hydrogen) atoms. The van der Waals surface area contributed by atoms with Gasteiger partial charge in [0.25, 0.3) is 0 Å². The molecule has 220 valence electrons. The van der Waals surface area contributed by atoms with Crippen molar-refractivity contribution in [3.8, 4) is 0 Å². The Morgan fingerprint density at radius 2 is 1.46 bits per heavy atom. The number of fused-ring (bicyclic) bond motifs is 3. The van der Waals surface area contributed by atoms with Crippen LogP contribution < -0.4 is 4.90 Å². The Labute approximate surface area is 237 Å². The molecule has 2 unspecified atom stereocenters. The second-order valence-electron chi connectivity index (χ2n) is 12.7. The lowest BCUT2D eigenvalue weighted by Gasteiger charge is -2.47. The van der Waals surface area contributed by atoms with Gasteiger partial charge < -0.3 is 20.0 Å². The van der Waals surface area contributed by atoms with E-state index in [0.717, 1.165) is 31.4 Å². The van der Waals surface area contributed by atoms with Crippen LogP contribution in [0.25, 0.3) is 0 Å². The zero-order chi connectivity index (χ0) is 27.7. The van der Waals surface area contributed by atoms with E-state index < -0.39 is 6.09 Å². The van der Waals surface area contributed by atoms with Crippen LogP contribution in [0.4, 0.5) is 10.5 Å². The standard InChI is InChI=1S/C23H34N2O2.C10H21NO/c1-2-3-14-24-15-11-18(12-16-24)17-23-13-7-6-9-20(23)19-8-4-5-10-21(19)25(23)22(26)27;1-2-3-6-11-7-4-10(9-12)5-8-11/h4-5,8,10,18,20H,2-3,6-7,9,11-17H2,1H3,(H,26,27);10,12H,2-9H2,1H3. The molecule has 1 saturated carbocycles. The summed E-state index contributed by atoms with van der Waals surface area (Å²) in [4.78, 5) is 19.3. The Morgan fingerprint density at radius 3 is 2.03 bits per heavy atom. The average molecular weight is 542 g/mol. The van der Waals surface area contributed by atoms with E-state index in [1.165, 1.54) is 103 Å². The van der Waals surface area contributed by atoms with Gasteiger partial charge in [-0.3, -0.25) is 4.90 Å². The molecule has 2 atom stereocenters. The number of aliphatic hydroxyl groups excluding tert-OH is 1. The third kappa shape index (κ3) is 7.37. The summed E-state index contributed by atoms with van der Waals surface area (Å²) in [5, 5.41) is 19.1. The minimum Gasteiger partial charge on any atom is -0.465 e. The number of unbranched alkanes of at least 4 members (excludes halogenated alkanes) is 2. The molecule has 5 rings (SSSR count). The zero-order valence-corrected chi connectivity index (χ0v) is 24.8. The van der Waals surface area contributed by atoms with Crippen LogP contribution >= 0.6 is 0 Å². The van der Waals surface area contributed by atoms with E-state index in [0.29, 0.717) is 24.4 Å². The smallest absolute Gasteiger partial charge is 0.412 e. The Bertz CT molecular complexity index is 879. The SMILES string of the molecule is CCCCN1CCC(CC23CCCCC2c2ccccc2N3C(=O)O)CC1.CCCCN1CCC(CO)CC1. The number of anilines is 1.